The van der Waals surface area contributed by atoms with Gasteiger partial charge < -0.3 is 8.85 Å². The summed E-state index contributed by atoms with van der Waals surface area (Å²) in [5.74, 6) is 0. The molecule has 0 aromatic heterocycles. The molecular weight excluding hydrogens is 120 g/mol. The maximum absolute atomic E-state index is 5.26. The molecule has 2 nitrogen and oxygen atoms in total. The van der Waals surface area contributed by atoms with Crippen LogP contribution in [0.1, 0.15) is 13.8 Å². The van der Waals surface area contributed by atoms with Crippen molar-refractivity contribution in [2.45, 2.75) is 19.9 Å². The zero-order chi connectivity index (χ0) is 6.41. The van der Waals surface area contributed by atoms with Gasteiger partial charge in [-0.2, -0.15) is 0 Å². The van der Waals surface area contributed by atoms with E-state index in [9.17, 15) is 0 Å². The van der Waals surface area contributed by atoms with Crippen molar-refractivity contribution in [3.63, 3.8) is 0 Å². The van der Waals surface area contributed by atoms with Gasteiger partial charge in [0.1, 0.15) is 0 Å². The summed E-state index contributed by atoms with van der Waals surface area (Å²) in [6.07, 6.45) is 0. The van der Waals surface area contributed by atoms with Crippen molar-refractivity contribution >= 4 is 9.28 Å². The Balaban J connectivity index is 3.07. The van der Waals surface area contributed by atoms with Crippen LogP contribution in [0.15, 0.2) is 0 Å². The second kappa shape index (κ2) is 5.28. The van der Waals surface area contributed by atoms with Crippen molar-refractivity contribution in [3.05, 3.63) is 0 Å². The first-order valence-corrected chi connectivity index (χ1v) is 4.75. The Morgan fingerprint density at radius 1 is 1.38 bits per heavy atom. The molecule has 0 aliphatic carbocycles. The lowest BCUT2D eigenvalue weighted by atomic mass is 10.9. The minimum absolute atomic E-state index is 0.790. The fourth-order valence-corrected chi connectivity index (χ4v) is 1.62. The maximum Gasteiger partial charge on any atom is 0.320 e. The van der Waals surface area contributed by atoms with Gasteiger partial charge in [-0.05, 0) is 13.0 Å². The Labute approximate surface area is 52.7 Å². The zero-order valence-electron chi connectivity index (χ0n) is 5.81. The van der Waals surface area contributed by atoms with Crippen LogP contribution in [0.25, 0.3) is 0 Å². The highest BCUT2D eigenvalue weighted by molar-refractivity contribution is 6.44. The van der Waals surface area contributed by atoms with E-state index in [1.54, 1.807) is 7.11 Å². The average Bonchev–Trinajstić information content (AvgIpc) is 1.83. The van der Waals surface area contributed by atoms with E-state index in [-0.39, 0.29) is 0 Å². The zero-order valence-corrected chi connectivity index (χ0v) is 6.96. The lowest BCUT2D eigenvalue weighted by Gasteiger charge is -2.08. The standard InChI is InChI=1S/C5H14O2Si/c1-4-7-8(5-2)6-3/h8H,4-5H2,1-3H3. The Kier molecular flexibility index (Phi) is 5.37. The molecule has 0 spiro atoms. The predicted molar refractivity (Wildman–Crippen MR) is 36.3 cm³/mol. The minimum Gasteiger partial charge on any atom is -0.400 e. The average molecular weight is 134 g/mol. The van der Waals surface area contributed by atoms with Crippen molar-refractivity contribution in [2.24, 2.45) is 0 Å². The summed E-state index contributed by atoms with van der Waals surface area (Å²) in [4.78, 5) is 0. The lowest BCUT2D eigenvalue weighted by molar-refractivity contribution is 0.242. The van der Waals surface area contributed by atoms with Crippen LogP contribution in [-0.2, 0) is 8.85 Å². The van der Waals surface area contributed by atoms with Gasteiger partial charge in [0.15, 0.2) is 0 Å². The van der Waals surface area contributed by atoms with E-state index in [0.717, 1.165) is 12.7 Å². The lowest BCUT2D eigenvalue weighted by Crippen LogP contribution is -2.19. The summed E-state index contributed by atoms with van der Waals surface area (Å²) in [6, 6.07) is 1.06. The summed E-state index contributed by atoms with van der Waals surface area (Å²) < 4.78 is 10.3. The van der Waals surface area contributed by atoms with Crippen LogP contribution < -0.4 is 0 Å². The first kappa shape index (κ1) is 8.14. The van der Waals surface area contributed by atoms with Crippen LogP contribution in [0.4, 0.5) is 0 Å². The predicted octanol–water partition coefficient (Wildman–Crippen LogP) is 0.910. The molecular formula is C5H14O2Si. The molecule has 0 amide bonds. The Morgan fingerprint density at radius 2 is 2.00 bits per heavy atom. The van der Waals surface area contributed by atoms with Gasteiger partial charge in [0.2, 0.25) is 0 Å². The van der Waals surface area contributed by atoms with Gasteiger partial charge in [-0.25, -0.2) is 0 Å². The Hall–Kier alpha value is 0.137. The van der Waals surface area contributed by atoms with Crippen LogP contribution in [0.5, 0.6) is 0 Å². The molecule has 0 aromatic carbocycles. The van der Waals surface area contributed by atoms with Gasteiger partial charge in [-0.3, -0.25) is 0 Å². The van der Waals surface area contributed by atoms with Crippen molar-refractivity contribution in [1.82, 2.24) is 0 Å². The first-order chi connectivity index (χ1) is 3.85. The molecule has 3 heteroatoms. The van der Waals surface area contributed by atoms with Crippen molar-refractivity contribution in [2.75, 3.05) is 13.7 Å². The molecule has 0 bridgehead atoms. The van der Waals surface area contributed by atoms with E-state index < -0.39 is 9.28 Å². The van der Waals surface area contributed by atoms with Crippen molar-refractivity contribution in [3.8, 4) is 0 Å². The highest BCUT2D eigenvalue weighted by atomic mass is 28.3. The van der Waals surface area contributed by atoms with E-state index >= 15 is 0 Å². The summed E-state index contributed by atoms with van der Waals surface area (Å²) in [6.45, 7) is 4.88. The number of hydrogen-bond donors (Lipinski definition) is 0. The van der Waals surface area contributed by atoms with Gasteiger partial charge in [0.05, 0.1) is 0 Å². The van der Waals surface area contributed by atoms with Crippen LogP contribution in [0, 0.1) is 0 Å². The highest BCUT2D eigenvalue weighted by Crippen LogP contribution is 1.92. The van der Waals surface area contributed by atoms with Crippen molar-refractivity contribution in [1.29, 1.82) is 0 Å². The third-order valence-electron chi connectivity index (χ3n) is 0.949. The largest absolute Gasteiger partial charge is 0.400 e. The third kappa shape index (κ3) is 3.18. The molecule has 1 atom stereocenters. The van der Waals surface area contributed by atoms with Crippen LogP contribution >= 0.6 is 0 Å². The van der Waals surface area contributed by atoms with Crippen molar-refractivity contribution < 1.29 is 8.85 Å². The molecule has 0 aromatic rings. The van der Waals surface area contributed by atoms with Crippen LogP contribution in [0.2, 0.25) is 6.04 Å². The molecule has 0 radical (unpaired) electrons. The first-order valence-electron chi connectivity index (χ1n) is 2.99. The second-order valence-corrected chi connectivity index (χ2v) is 4.01. The van der Waals surface area contributed by atoms with E-state index in [1.807, 2.05) is 6.92 Å². The molecule has 0 rings (SSSR count). The summed E-state index contributed by atoms with van der Waals surface area (Å²) >= 11 is 0. The topological polar surface area (TPSA) is 18.5 Å². The highest BCUT2D eigenvalue weighted by Gasteiger charge is 2.04. The molecule has 0 saturated carbocycles. The van der Waals surface area contributed by atoms with E-state index in [1.165, 1.54) is 0 Å². The van der Waals surface area contributed by atoms with Gasteiger partial charge in [0, 0.05) is 13.7 Å². The SMILES string of the molecule is CCO[SiH](CC)OC. The molecule has 8 heavy (non-hydrogen) atoms. The Bertz CT molecular complexity index is 45.7. The second-order valence-electron chi connectivity index (χ2n) is 1.53. The molecule has 0 saturated heterocycles. The summed E-state index contributed by atoms with van der Waals surface area (Å²) in [5.41, 5.74) is 0. The van der Waals surface area contributed by atoms with E-state index in [2.05, 4.69) is 6.92 Å². The fourth-order valence-electron chi connectivity index (χ4n) is 0.538. The number of hydrogen-bond acceptors (Lipinski definition) is 2. The van der Waals surface area contributed by atoms with Crippen LogP contribution in [-0.4, -0.2) is 23.0 Å². The molecule has 0 N–H and O–H groups in total. The summed E-state index contributed by atoms with van der Waals surface area (Å²) in [7, 11) is 0.526. The van der Waals surface area contributed by atoms with Gasteiger partial charge in [-0.15, -0.1) is 0 Å². The number of rotatable bonds is 4. The monoisotopic (exact) mass is 134 g/mol. The van der Waals surface area contributed by atoms with Crippen LogP contribution in [0.3, 0.4) is 0 Å². The van der Waals surface area contributed by atoms with E-state index in [0.29, 0.717) is 0 Å². The summed E-state index contributed by atoms with van der Waals surface area (Å²) in [5, 5.41) is 0. The molecule has 0 heterocycles. The van der Waals surface area contributed by atoms with E-state index in [4.69, 9.17) is 8.85 Å². The quantitative estimate of drug-likeness (QED) is 0.532. The molecule has 1 unspecified atom stereocenters. The normalized spacial score (nSPS) is 13.9. The molecule has 0 aliphatic heterocycles. The molecule has 50 valence electrons. The Morgan fingerprint density at radius 3 is 2.12 bits per heavy atom. The van der Waals surface area contributed by atoms with Gasteiger partial charge in [-0.1, -0.05) is 6.92 Å². The molecule has 0 fully saturated rings. The van der Waals surface area contributed by atoms with Gasteiger partial charge in [0.25, 0.3) is 0 Å². The third-order valence-corrected chi connectivity index (χ3v) is 2.85. The fraction of sp³-hybridized carbons (Fsp3) is 1.00. The van der Waals surface area contributed by atoms with Gasteiger partial charge >= 0.3 is 9.28 Å². The maximum atomic E-state index is 5.26. The molecule has 0 aliphatic rings. The smallest absolute Gasteiger partial charge is 0.320 e. The minimum atomic E-state index is -1.19.